The highest BCUT2D eigenvalue weighted by atomic mass is 32.1. The van der Waals surface area contributed by atoms with Gasteiger partial charge in [0.2, 0.25) is 0 Å². The van der Waals surface area contributed by atoms with Gasteiger partial charge >= 0.3 is 6.36 Å². The number of ether oxygens (including phenoxy) is 1. The number of alkyl halides is 3. The lowest BCUT2D eigenvalue weighted by atomic mass is 10.1. The number of carbonyl (C=O) groups is 1. The van der Waals surface area contributed by atoms with Gasteiger partial charge in [0.25, 0.3) is 0 Å². The second kappa shape index (κ2) is 4.81. The van der Waals surface area contributed by atoms with E-state index in [4.69, 9.17) is 0 Å². The van der Waals surface area contributed by atoms with Gasteiger partial charge in [-0.25, -0.2) is 0 Å². The maximum atomic E-state index is 12.2. The molecule has 0 N–H and O–H groups in total. The number of para-hydroxylation sites is 1. The molecule has 0 aliphatic rings. The fraction of sp³-hybridized carbons (Fsp3) is 0.0833. The summed E-state index contributed by atoms with van der Waals surface area (Å²) in [7, 11) is 0. The van der Waals surface area contributed by atoms with Gasteiger partial charge in [0, 0.05) is 10.4 Å². The van der Waals surface area contributed by atoms with Crippen LogP contribution in [0.3, 0.4) is 0 Å². The summed E-state index contributed by atoms with van der Waals surface area (Å²) in [6.07, 6.45) is -4.08. The monoisotopic (exact) mass is 272 g/mol. The summed E-state index contributed by atoms with van der Waals surface area (Å²) in [6.45, 7) is 0. The van der Waals surface area contributed by atoms with Crippen LogP contribution < -0.4 is 4.74 Å². The molecular weight excluding hydrogens is 265 g/mol. The van der Waals surface area contributed by atoms with Crippen LogP contribution in [-0.4, -0.2) is 12.6 Å². The Balaban J connectivity index is 2.41. The first-order chi connectivity index (χ1) is 8.49. The Labute approximate surface area is 105 Å². The van der Waals surface area contributed by atoms with E-state index >= 15 is 0 Å². The van der Waals surface area contributed by atoms with Crippen molar-refractivity contribution < 1.29 is 22.7 Å². The molecule has 0 amide bonds. The lowest BCUT2D eigenvalue weighted by Crippen LogP contribution is -2.17. The maximum absolute atomic E-state index is 12.2. The molecule has 2 rings (SSSR count). The summed E-state index contributed by atoms with van der Waals surface area (Å²) in [5.74, 6) is -0.274. The topological polar surface area (TPSA) is 26.3 Å². The predicted octanol–water partition coefficient (Wildman–Crippen LogP) is 4.13. The third kappa shape index (κ3) is 2.89. The number of thiophene rings is 1. The minimum absolute atomic E-state index is 0.274. The van der Waals surface area contributed by atoms with Crippen LogP contribution in [0.2, 0.25) is 0 Å². The quantitative estimate of drug-likeness (QED) is 0.785. The Morgan fingerprint density at radius 1 is 1.11 bits per heavy atom. The summed E-state index contributed by atoms with van der Waals surface area (Å²) in [4.78, 5) is 11.6. The molecule has 1 heterocycles. The molecule has 0 bridgehead atoms. The molecule has 0 aliphatic carbocycles. The highest BCUT2D eigenvalue weighted by Gasteiger charge is 2.32. The first-order valence-electron chi connectivity index (χ1n) is 4.90. The molecule has 94 valence electrons. The fourth-order valence-electron chi connectivity index (χ4n) is 1.44. The van der Waals surface area contributed by atoms with Gasteiger partial charge in [0.15, 0.2) is 6.29 Å². The first-order valence-corrected chi connectivity index (χ1v) is 5.71. The molecule has 18 heavy (non-hydrogen) atoms. The van der Waals surface area contributed by atoms with Crippen molar-refractivity contribution in [1.82, 2.24) is 0 Å². The van der Waals surface area contributed by atoms with Crippen LogP contribution in [0.1, 0.15) is 9.67 Å². The van der Waals surface area contributed by atoms with Crippen LogP contribution in [0.25, 0.3) is 10.4 Å². The normalized spacial score (nSPS) is 11.3. The van der Waals surface area contributed by atoms with E-state index in [9.17, 15) is 18.0 Å². The Kier molecular flexibility index (Phi) is 3.38. The van der Waals surface area contributed by atoms with Gasteiger partial charge in [0.05, 0.1) is 4.88 Å². The second-order valence-corrected chi connectivity index (χ2v) is 4.48. The molecule has 2 aromatic rings. The van der Waals surface area contributed by atoms with Gasteiger partial charge in [-0.05, 0) is 24.3 Å². The van der Waals surface area contributed by atoms with Crippen LogP contribution in [0.5, 0.6) is 5.75 Å². The average molecular weight is 272 g/mol. The zero-order chi connectivity index (χ0) is 13.2. The van der Waals surface area contributed by atoms with Crippen LogP contribution in [-0.2, 0) is 0 Å². The minimum Gasteiger partial charge on any atom is -0.405 e. The van der Waals surface area contributed by atoms with E-state index in [0.29, 0.717) is 21.6 Å². The molecule has 2 nitrogen and oxygen atoms in total. The van der Waals surface area contributed by atoms with Crippen molar-refractivity contribution in [1.29, 1.82) is 0 Å². The van der Waals surface area contributed by atoms with Crippen LogP contribution in [0, 0.1) is 0 Å². The number of benzene rings is 1. The summed E-state index contributed by atoms with van der Waals surface area (Å²) in [6, 6.07) is 8.96. The molecule has 0 saturated carbocycles. The number of rotatable bonds is 3. The maximum Gasteiger partial charge on any atom is 0.573 e. The standard InChI is InChI=1S/C12H7F3O2S/c13-12(14,15)17-10-4-2-1-3-9(10)11-6-5-8(7-16)18-11/h1-7H. The van der Waals surface area contributed by atoms with Crippen LogP contribution >= 0.6 is 11.3 Å². The van der Waals surface area contributed by atoms with E-state index in [1.165, 1.54) is 18.2 Å². The Hall–Kier alpha value is -1.82. The molecule has 0 aliphatic heterocycles. The van der Waals surface area contributed by atoms with Crippen molar-refractivity contribution in [3.63, 3.8) is 0 Å². The number of hydrogen-bond donors (Lipinski definition) is 0. The van der Waals surface area contributed by atoms with Crippen molar-refractivity contribution in [3.8, 4) is 16.2 Å². The van der Waals surface area contributed by atoms with Gasteiger partial charge in [-0.15, -0.1) is 24.5 Å². The minimum atomic E-state index is -4.74. The van der Waals surface area contributed by atoms with E-state index in [-0.39, 0.29) is 5.75 Å². The SMILES string of the molecule is O=Cc1ccc(-c2ccccc2OC(F)(F)F)s1. The van der Waals surface area contributed by atoms with Crippen molar-refractivity contribution >= 4 is 17.6 Å². The molecular formula is C12H7F3O2S. The largest absolute Gasteiger partial charge is 0.573 e. The summed E-state index contributed by atoms with van der Waals surface area (Å²) in [5, 5.41) is 0. The smallest absolute Gasteiger partial charge is 0.405 e. The molecule has 6 heteroatoms. The summed E-state index contributed by atoms with van der Waals surface area (Å²) in [5.41, 5.74) is 0.313. The van der Waals surface area contributed by atoms with Crippen molar-refractivity contribution in [2.24, 2.45) is 0 Å². The van der Waals surface area contributed by atoms with E-state index in [1.807, 2.05) is 0 Å². The lowest BCUT2D eigenvalue weighted by molar-refractivity contribution is -0.274. The zero-order valence-electron chi connectivity index (χ0n) is 8.90. The predicted molar refractivity (Wildman–Crippen MR) is 61.8 cm³/mol. The summed E-state index contributed by atoms with van der Waals surface area (Å²) >= 11 is 1.11. The highest BCUT2D eigenvalue weighted by molar-refractivity contribution is 7.17. The molecule has 0 spiro atoms. The number of carbonyl (C=O) groups excluding carboxylic acids is 1. The number of aldehydes is 1. The van der Waals surface area contributed by atoms with Gasteiger partial charge < -0.3 is 4.74 Å². The van der Waals surface area contributed by atoms with E-state index in [0.717, 1.165) is 11.3 Å². The fourth-order valence-corrected chi connectivity index (χ4v) is 2.30. The second-order valence-electron chi connectivity index (χ2n) is 3.36. The Bertz CT molecular complexity index is 560. The van der Waals surface area contributed by atoms with Gasteiger partial charge in [-0.3, -0.25) is 4.79 Å². The van der Waals surface area contributed by atoms with Crippen molar-refractivity contribution in [2.45, 2.75) is 6.36 Å². The third-order valence-corrected chi connectivity index (χ3v) is 3.17. The van der Waals surface area contributed by atoms with Crippen LogP contribution in [0.4, 0.5) is 13.2 Å². The van der Waals surface area contributed by atoms with Crippen molar-refractivity contribution in [3.05, 3.63) is 41.3 Å². The van der Waals surface area contributed by atoms with E-state index in [2.05, 4.69) is 4.74 Å². The molecule has 0 fully saturated rings. The third-order valence-electron chi connectivity index (χ3n) is 2.12. The van der Waals surface area contributed by atoms with Crippen molar-refractivity contribution in [2.75, 3.05) is 0 Å². The van der Waals surface area contributed by atoms with Crippen LogP contribution in [0.15, 0.2) is 36.4 Å². The van der Waals surface area contributed by atoms with Gasteiger partial charge in [0.1, 0.15) is 5.75 Å². The molecule has 0 radical (unpaired) electrons. The highest BCUT2D eigenvalue weighted by Crippen LogP contribution is 2.36. The average Bonchev–Trinajstić information content (AvgIpc) is 2.76. The van der Waals surface area contributed by atoms with E-state index in [1.54, 1.807) is 18.2 Å². The molecule has 0 saturated heterocycles. The zero-order valence-corrected chi connectivity index (χ0v) is 9.72. The Morgan fingerprint density at radius 2 is 1.83 bits per heavy atom. The molecule has 0 atom stereocenters. The van der Waals surface area contributed by atoms with Gasteiger partial charge in [-0.2, -0.15) is 0 Å². The summed E-state index contributed by atoms with van der Waals surface area (Å²) < 4.78 is 40.6. The number of halogens is 3. The molecule has 0 unspecified atom stereocenters. The number of hydrogen-bond acceptors (Lipinski definition) is 3. The van der Waals surface area contributed by atoms with E-state index < -0.39 is 6.36 Å². The molecule has 1 aromatic carbocycles. The van der Waals surface area contributed by atoms with Gasteiger partial charge in [-0.1, -0.05) is 12.1 Å². The Morgan fingerprint density at radius 3 is 2.44 bits per heavy atom. The molecule has 1 aromatic heterocycles. The lowest BCUT2D eigenvalue weighted by Gasteiger charge is -2.11. The first kappa shape index (κ1) is 12.6.